The van der Waals surface area contributed by atoms with Gasteiger partial charge in [0.15, 0.2) is 17.1 Å². The second-order valence-electron chi connectivity index (χ2n) is 9.63. The molecule has 14 nitrogen and oxygen atoms in total. The third kappa shape index (κ3) is 3.09. The maximum atomic E-state index is 16.2. The highest BCUT2D eigenvalue weighted by Crippen LogP contribution is 2.50. The number of cyclic esters (lactones) is 1. The maximum absolute atomic E-state index is 16.2. The average Bonchev–Trinajstić information content (AvgIpc) is 3.40. The Morgan fingerprint density at radius 3 is 2.65 bits per heavy atom. The minimum absolute atomic E-state index is 0.0829. The second-order valence-corrected chi connectivity index (χ2v) is 9.63. The van der Waals surface area contributed by atoms with Crippen LogP contribution in [0.4, 0.5) is 25.5 Å². The summed E-state index contributed by atoms with van der Waals surface area (Å²) in [6.07, 6.45) is -2.13. The monoisotopic (exact) mass is 516 g/mol. The van der Waals surface area contributed by atoms with Crippen molar-refractivity contribution in [3.05, 3.63) is 22.4 Å². The number of nitrogens with zero attached hydrogens (tertiary/aromatic N) is 4. The number of benzene rings is 1. The Balaban J connectivity index is 1.56. The summed E-state index contributed by atoms with van der Waals surface area (Å²) in [5, 5.41) is 11.1. The van der Waals surface area contributed by atoms with Crippen molar-refractivity contribution in [1.82, 2.24) is 15.8 Å². The normalized spacial score (nSPS) is 28.6. The SMILES string of the molecule is CC1CN2c3c(cc4c(N5C(=O)OCC5CN=O)noc4c3F)CC3(C(=O)NC(=O)NC3=O)C2C(C)O1. The van der Waals surface area contributed by atoms with Crippen LogP contribution in [0.5, 0.6) is 0 Å². The third-order valence-corrected chi connectivity index (χ3v) is 7.42. The molecule has 3 saturated heterocycles. The number of fused-ring (bicyclic) bond motifs is 5. The standard InChI is InChI=1S/C22H21FN6O8/c1-8-6-28-14-10(4-22(16(28)9(2)36-8)18(30)25-20(32)26-19(22)31)3-12-15(13(14)23)37-27-17(12)29-11(5-24-34)7-35-21(29)33/h3,8-9,11,16H,4-7H2,1-2H3,(H2,25,26,30,31,32). The number of halogens is 1. The van der Waals surface area contributed by atoms with E-state index >= 15 is 4.39 Å². The molecule has 4 atom stereocenters. The molecule has 4 aliphatic heterocycles. The third-order valence-electron chi connectivity index (χ3n) is 7.42. The molecule has 0 bridgehead atoms. The zero-order chi connectivity index (χ0) is 26.2. The Bertz CT molecular complexity index is 1370. The van der Waals surface area contributed by atoms with Crippen molar-refractivity contribution in [2.75, 3.05) is 29.5 Å². The number of anilines is 2. The van der Waals surface area contributed by atoms with Crippen LogP contribution in [0.1, 0.15) is 19.4 Å². The minimum Gasteiger partial charge on any atom is -0.447 e. The molecule has 3 fully saturated rings. The van der Waals surface area contributed by atoms with Gasteiger partial charge < -0.3 is 18.9 Å². The van der Waals surface area contributed by atoms with Crippen LogP contribution in [-0.4, -0.2) is 73.1 Å². The highest BCUT2D eigenvalue weighted by Gasteiger charge is 2.63. The number of nitrogens with one attached hydrogen (secondary N) is 2. The van der Waals surface area contributed by atoms with E-state index < -0.39 is 53.4 Å². The Hall–Kier alpha value is -4.14. The quantitative estimate of drug-likeness (QED) is 0.442. The van der Waals surface area contributed by atoms with Crippen LogP contribution >= 0.6 is 0 Å². The zero-order valence-electron chi connectivity index (χ0n) is 19.6. The number of hydrogen-bond donors (Lipinski definition) is 2. The van der Waals surface area contributed by atoms with E-state index in [-0.39, 0.29) is 60.3 Å². The van der Waals surface area contributed by atoms with E-state index in [1.807, 2.05) is 0 Å². The van der Waals surface area contributed by atoms with Gasteiger partial charge in [-0.3, -0.25) is 20.2 Å². The Morgan fingerprint density at radius 1 is 1.22 bits per heavy atom. The van der Waals surface area contributed by atoms with E-state index in [0.29, 0.717) is 0 Å². The summed E-state index contributed by atoms with van der Waals surface area (Å²) in [6.45, 7) is 3.21. The molecule has 6 rings (SSSR count). The first-order valence-corrected chi connectivity index (χ1v) is 11.6. The number of nitroso groups, excluding NO2 is 1. The van der Waals surface area contributed by atoms with Gasteiger partial charge in [-0.1, -0.05) is 10.3 Å². The molecule has 37 heavy (non-hydrogen) atoms. The molecule has 0 radical (unpaired) electrons. The van der Waals surface area contributed by atoms with Crippen molar-refractivity contribution in [1.29, 1.82) is 0 Å². The predicted molar refractivity (Wildman–Crippen MR) is 121 cm³/mol. The largest absolute Gasteiger partial charge is 0.447 e. The molecule has 1 aromatic heterocycles. The fourth-order valence-corrected chi connectivity index (χ4v) is 6.05. The molecular weight excluding hydrogens is 495 g/mol. The average molecular weight is 516 g/mol. The first-order chi connectivity index (χ1) is 17.7. The molecule has 2 aromatic rings. The van der Waals surface area contributed by atoms with Crippen LogP contribution in [0.25, 0.3) is 11.0 Å². The molecule has 15 heteroatoms. The Labute approximate surface area is 207 Å². The van der Waals surface area contributed by atoms with Crippen LogP contribution in [-0.2, 0) is 25.5 Å². The maximum Gasteiger partial charge on any atom is 0.416 e. The Kier molecular flexibility index (Phi) is 4.99. The molecular formula is C22H21FN6O8. The van der Waals surface area contributed by atoms with Crippen molar-refractivity contribution >= 4 is 46.4 Å². The van der Waals surface area contributed by atoms with Crippen LogP contribution < -0.4 is 20.4 Å². The van der Waals surface area contributed by atoms with Crippen molar-refractivity contribution < 1.29 is 37.6 Å². The summed E-state index contributed by atoms with van der Waals surface area (Å²) in [7, 11) is 0. The van der Waals surface area contributed by atoms with Crippen molar-refractivity contribution in [2.45, 2.75) is 44.6 Å². The first-order valence-electron chi connectivity index (χ1n) is 11.6. The zero-order valence-corrected chi connectivity index (χ0v) is 19.6. The fourth-order valence-electron chi connectivity index (χ4n) is 6.05. The molecule has 4 unspecified atom stereocenters. The lowest BCUT2D eigenvalue weighted by Crippen LogP contribution is -2.75. The van der Waals surface area contributed by atoms with Crippen molar-refractivity contribution in [3.63, 3.8) is 0 Å². The van der Waals surface area contributed by atoms with Crippen LogP contribution in [0, 0.1) is 16.1 Å². The van der Waals surface area contributed by atoms with Crippen molar-refractivity contribution in [3.8, 4) is 0 Å². The van der Waals surface area contributed by atoms with Gasteiger partial charge in [-0.05, 0) is 25.5 Å². The van der Waals surface area contributed by atoms with Crippen molar-refractivity contribution in [2.24, 2.45) is 10.6 Å². The van der Waals surface area contributed by atoms with E-state index in [1.165, 1.54) is 6.07 Å². The van der Waals surface area contributed by atoms with Crippen LogP contribution in [0.2, 0.25) is 0 Å². The number of ether oxygens (including phenoxy) is 2. The van der Waals surface area contributed by atoms with Gasteiger partial charge in [0.05, 0.1) is 35.4 Å². The van der Waals surface area contributed by atoms with Gasteiger partial charge in [0, 0.05) is 13.0 Å². The van der Waals surface area contributed by atoms with Crippen LogP contribution in [0.3, 0.4) is 0 Å². The summed E-state index contributed by atoms with van der Waals surface area (Å²) in [5.41, 5.74) is -1.68. The molecule has 2 N–H and O–H groups in total. The van der Waals surface area contributed by atoms with Crippen LogP contribution in [0.15, 0.2) is 15.8 Å². The van der Waals surface area contributed by atoms with Gasteiger partial charge in [0.2, 0.25) is 17.4 Å². The minimum atomic E-state index is -1.81. The highest BCUT2D eigenvalue weighted by molar-refractivity contribution is 6.20. The number of amides is 5. The highest BCUT2D eigenvalue weighted by atomic mass is 19.1. The van der Waals surface area contributed by atoms with Gasteiger partial charge in [-0.15, -0.1) is 0 Å². The summed E-state index contributed by atoms with van der Waals surface area (Å²) in [4.78, 5) is 64.5. The lowest BCUT2D eigenvalue weighted by molar-refractivity contribution is -0.153. The number of morpholine rings is 1. The lowest BCUT2D eigenvalue weighted by Gasteiger charge is -2.55. The topological polar surface area (TPSA) is 173 Å². The number of urea groups is 1. The number of carbonyl (C=O) groups is 4. The predicted octanol–water partition coefficient (Wildman–Crippen LogP) is 0.949. The summed E-state index contributed by atoms with van der Waals surface area (Å²) in [5.74, 6) is -2.52. The molecule has 194 valence electrons. The van der Waals surface area contributed by atoms with Gasteiger partial charge in [-0.2, -0.15) is 4.91 Å². The van der Waals surface area contributed by atoms with E-state index in [9.17, 15) is 24.1 Å². The lowest BCUT2D eigenvalue weighted by atomic mass is 9.66. The molecule has 0 saturated carbocycles. The summed E-state index contributed by atoms with van der Waals surface area (Å²) in [6, 6.07) is -1.15. The second kappa shape index (κ2) is 7.93. The number of carbonyl (C=O) groups excluding carboxylic acids is 4. The molecule has 1 aromatic carbocycles. The molecule has 1 spiro atoms. The van der Waals surface area contributed by atoms with Gasteiger partial charge in [-0.25, -0.2) is 18.9 Å². The van der Waals surface area contributed by atoms with E-state index in [1.54, 1.807) is 18.7 Å². The molecule has 0 aliphatic carbocycles. The molecule has 5 amide bonds. The molecule has 4 aliphatic rings. The number of barbiturate groups is 1. The number of aromatic nitrogens is 1. The smallest absolute Gasteiger partial charge is 0.416 e. The fraction of sp³-hybridized carbons (Fsp3) is 0.500. The van der Waals surface area contributed by atoms with Gasteiger partial charge in [0.1, 0.15) is 13.2 Å². The number of rotatable bonds is 3. The molecule has 5 heterocycles. The van der Waals surface area contributed by atoms with E-state index in [4.69, 9.17) is 14.0 Å². The van der Waals surface area contributed by atoms with Gasteiger partial charge >= 0.3 is 12.1 Å². The number of hydrogen-bond acceptors (Lipinski definition) is 11. The Morgan fingerprint density at radius 2 is 1.95 bits per heavy atom. The van der Waals surface area contributed by atoms with E-state index in [2.05, 4.69) is 21.0 Å². The number of imide groups is 2. The first kappa shape index (κ1) is 23.3. The summed E-state index contributed by atoms with van der Waals surface area (Å²) >= 11 is 0. The van der Waals surface area contributed by atoms with Gasteiger partial charge in [0.25, 0.3) is 0 Å². The summed E-state index contributed by atoms with van der Waals surface area (Å²) < 4.78 is 32.4. The van der Waals surface area contributed by atoms with E-state index in [0.717, 1.165) is 4.90 Å².